The number of carbonyl (C=O) groups excluding carboxylic acids is 1. The van der Waals surface area contributed by atoms with E-state index in [9.17, 15) is 4.79 Å². The number of anilines is 2. The molecule has 2 fully saturated rings. The number of hydrogen-bond donors (Lipinski definition) is 1. The van der Waals surface area contributed by atoms with Crippen LogP contribution < -0.4 is 10.2 Å². The highest BCUT2D eigenvalue weighted by Gasteiger charge is 2.44. The van der Waals surface area contributed by atoms with Gasteiger partial charge in [0.1, 0.15) is 18.1 Å². The first-order valence-corrected chi connectivity index (χ1v) is 10.6. The molecular weight excluding hydrogens is 418 g/mol. The van der Waals surface area contributed by atoms with Crippen molar-refractivity contribution < 1.29 is 9.53 Å². The van der Waals surface area contributed by atoms with Gasteiger partial charge in [-0.1, -0.05) is 16.8 Å². The lowest BCUT2D eigenvalue weighted by molar-refractivity contribution is 0.178. The summed E-state index contributed by atoms with van der Waals surface area (Å²) in [5, 5.41) is 12.4. The minimum Gasteiger partial charge on any atom is -0.447 e. The third-order valence-corrected chi connectivity index (χ3v) is 5.80. The van der Waals surface area contributed by atoms with Crippen molar-refractivity contribution in [2.24, 2.45) is 5.92 Å². The van der Waals surface area contributed by atoms with Crippen molar-refractivity contribution in [1.82, 2.24) is 25.0 Å². The molecule has 3 heterocycles. The molecule has 10 heteroatoms. The van der Waals surface area contributed by atoms with E-state index < -0.39 is 0 Å². The number of carbonyl (C=O) groups is 1. The van der Waals surface area contributed by atoms with Crippen LogP contribution in [0, 0.1) is 12.8 Å². The summed E-state index contributed by atoms with van der Waals surface area (Å²) in [6.07, 6.45) is 3.74. The van der Waals surface area contributed by atoms with E-state index in [1.54, 1.807) is 21.7 Å². The van der Waals surface area contributed by atoms with Gasteiger partial charge >= 0.3 is 6.09 Å². The molecule has 1 aliphatic carbocycles. The van der Waals surface area contributed by atoms with Crippen molar-refractivity contribution in [3.8, 4) is 5.69 Å². The van der Waals surface area contributed by atoms with Crippen molar-refractivity contribution in [3.05, 3.63) is 52.9 Å². The van der Waals surface area contributed by atoms with Crippen molar-refractivity contribution in [2.45, 2.75) is 38.8 Å². The number of cyclic esters (lactones) is 1. The number of amides is 1. The maximum atomic E-state index is 12.3. The molecule has 1 aromatic carbocycles. The van der Waals surface area contributed by atoms with Crippen LogP contribution in [0.5, 0.6) is 0 Å². The topological polar surface area (TPSA) is 98.1 Å². The summed E-state index contributed by atoms with van der Waals surface area (Å²) in [7, 11) is 0. The predicted octanol–water partition coefficient (Wildman–Crippen LogP) is 3.93. The molecule has 0 spiro atoms. The van der Waals surface area contributed by atoms with Crippen LogP contribution in [0.25, 0.3) is 5.69 Å². The Hall–Kier alpha value is -3.20. The summed E-state index contributed by atoms with van der Waals surface area (Å²) in [4.78, 5) is 23.1. The lowest BCUT2D eigenvalue weighted by Crippen LogP contribution is -2.36. The molecule has 2 atom stereocenters. The Kier molecular flexibility index (Phi) is 4.97. The summed E-state index contributed by atoms with van der Waals surface area (Å²) in [6.45, 7) is 4.25. The second kappa shape index (κ2) is 7.81. The quantitative estimate of drug-likeness (QED) is 0.621. The molecule has 3 aromatic rings. The maximum absolute atomic E-state index is 12.3. The fraction of sp³-hybridized carbons (Fsp3) is 0.381. The number of halogens is 1. The Labute approximate surface area is 184 Å². The fourth-order valence-corrected chi connectivity index (χ4v) is 3.86. The van der Waals surface area contributed by atoms with Gasteiger partial charge in [-0.15, -0.1) is 5.10 Å². The first-order chi connectivity index (χ1) is 15.0. The molecule has 2 aromatic heterocycles. The van der Waals surface area contributed by atoms with Gasteiger partial charge in [0.25, 0.3) is 0 Å². The van der Waals surface area contributed by atoms with Crippen LogP contribution in [0.15, 0.2) is 36.5 Å². The molecular formula is C21H22ClN7O2. The van der Waals surface area contributed by atoms with Crippen molar-refractivity contribution in [1.29, 1.82) is 0 Å². The molecule has 1 saturated heterocycles. The van der Waals surface area contributed by atoms with Crippen LogP contribution >= 0.6 is 11.6 Å². The molecule has 2 aliphatic rings. The summed E-state index contributed by atoms with van der Waals surface area (Å²) in [5.41, 5.74) is 2.36. The number of ether oxygens (including phenoxy) is 1. The third kappa shape index (κ3) is 4.05. The second-order valence-corrected chi connectivity index (χ2v) is 8.41. The van der Waals surface area contributed by atoms with Gasteiger partial charge < -0.3 is 10.1 Å². The van der Waals surface area contributed by atoms with E-state index in [1.807, 2.05) is 38.2 Å². The average Bonchev–Trinajstić information content (AvgIpc) is 3.32. The van der Waals surface area contributed by atoms with Crippen molar-refractivity contribution >= 4 is 29.5 Å². The standard InChI is InChI=1S/C21H22ClN7O2/c1-12-9-19(29-18(14-3-4-14)11-31-21(29)30)25-20(23-12)24-13(2)17-10-28(27-26-17)16-7-5-15(22)6-8-16/h5-10,13-14,18H,3-4,11H2,1-2H3,(H,23,24,25)/t13-,18+/m0/s1. The third-order valence-electron chi connectivity index (χ3n) is 5.55. The number of aromatic nitrogens is 5. The van der Waals surface area contributed by atoms with E-state index >= 15 is 0 Å². The predicted molar refractivity (Wildman–Crippen MR) is 116 cm³/mol. The molecule has 5 rings (SSSR count). The van der Waals surface area contributed by atoms with Crippen molar-refractivity contribution in [3.63, 3.8) is 0 Å². The molecule has 1 aliphatic heterocycles. The van der Waals surface area contributed by atoms with E-state index in [4.69, 9.17) is 16.3 Å². The Bertz CT molecular complexity index is 1110. The molecule has 0 radical (unpaired) electrons. The van der Waals surface area contributed by atoms with Crippen LogP contribution in [-0.4, -0.2) is 43.7 Å². The summed E-state index contributed by atoms with van der Waals surface area (Å²) in [5.74, 6) is 1.48. The zero-order valence-corrected chi connectivity index (χ0v) is 18.0. The molecule has 9 nitrogen and oxygen atoms in total. The van der Waals surface area contributed by atoms with E-state index in [1.165, 1.54) is 0 Å². The Morgan fingerprint density at radius 3 is 2.74 bits per heavy atom. The normalized spacial score (nSPS) is 19.4. The minimum atomic E-state index is -0.347. The highest BCUT2D eigenvalue weighted by atomic mass is 35.5. The Balaban J connectivity index is 1.35. The lowest BCUT2D eigenvalue weighted by Gasteiger charge is -2.21. The van der Waals surface area contributed by atoms with E-state index in [0.29, 0.717) is 29.3 Å². The molecule has 1 saturated carbocycles. The molecule has 160 valence electrons. The first-order valence-electron chi connectivity index (χ1n) is 10.2. The van der Waals surface area contributed by atoms with Gasteiger partial charge in [0.15, 0.2) is 0 Å². The largest absolute Gasteiger partial charge is 0.447 e. The molecule has 1 N–H and O–H groups in total. The van der Waals surface area contributed by atoms with E-state index in [2.05, 4.69) is 25.6 Å². The van der Waals surface area contributed by atoms with Gasteiger partial charge in [0, 0.05) is 16.8 Å². The molecule has 0 bridgehead atoms. The number of aryl methyl sites for hydroxylation is 1. The first kappa shape index (κ1) is 19.7. The molecule has 1 amide bonds. The summed E-state index contributed by atoms with van der Waals surface area (Å²) in [6, 6.07) is 9.03. The highest BCUT2D eigenvalue weighted by molar-refractivity contribution is 6.30. The molecule has 31 heavy (non-hydrogen) atoms. The smallest absolute Gasteiger partial charge is 0.415 e. The number of nitrogens with one attached hydrogen (secondary N) is 1. The summed E-state index contributed by atoms with van der Waals surface area (Å²) >= 11 is 5.95. The van der Waals surface area contributed by atoms with Crippen LogP contribution in [0.3, 0.4) is 0 Å². The van der Waals surface area contributed by atoms with Crippen LogP contribution in [0.1, 0.15) is 37.2 Å². The van der Waals surface area contributed by atoms with Gasteiger partial charge in [-0.25, -0.2) is 14.5 Å². The summed E-state index contributed by atoms with van der Waals surface area (Å²) < 4.78 is 6.98. The zero-order chi connectivity index (χ0) is 21.5. The average molecular weight is 440 g/mol. The monoisotopic (exact) mass is 439 g/mol. The van der Waals surface area contributed by atoms with E-state index in [0.717, 1.165) is 29.9 Å². The Morgan fingerprint density at radius 2 is 2.00 bits per heavy atom. The van der Waals surface area contributed by atoms with Crippen molar-refractivity contribution in [2.75, 3.05) is 16.8 Å². The highest BCUT2D eigenvalue weighted by Crippen LogP contribution is 2.39. The fourth-order valence-electron chi connectivity index (χ4n) is 3.73. The van der Waals surface area contributed by atoms with Gasteiger partial charge in [-0.3, -0.25) is 4.90 Å². The minimum absolute atomic E-state index is 0.0475. The maximum Gasteiger partial charge on any atom is 0.415 e. The van der Waals surface area contributed by atoms with Gasteiger partial charge in [-0.2, -0.15) is 4.98 Å². The number of hydrogen-bond acceptors (Lipinski definition) is 7. The number of rotatable bonds is 6. The van der Waals surface area contributed by atoms with Gasteiger partial charge in [0.05, 0.1) is 24.0 Å². The van der Waals surface area contributed by atoms with Crippen LogP contribution in [0.2, 0.25) is 5.02 Å². The van der Waals surface area contributed by atoms with E-state index in [-0.39, 0.29) is 18.2 Å². The van der Waals surface area contributed by atoms with Gasteiger partial charge in [-0.05, 0) is 56.9 Å². The van der Waals surface area contributed by atoms with Gasteiger partial charge in [0.2, 0.25) is 5.95 Å². The SMILES string of the molecule is Cc1cc(N2C(=O)OC[C@@H]2C2CC2)nc(N[C@@H](C)c2cn(-c3ccc(Cl)cc3)nn2)n1. The number of benzene rings is 1. The lowest BCUT2D eigenvalue weighted by atomic mass is 10.2. The number of nitrogens with zero attached hydrogens (tertiary/aromatic N) is 6. The zero-order valence-electron chi connectivity index (χ0n) is 17.2. The van der Waals surface area contributed by atoms with Crippen LogP contribution in [-0.2, 0) is 4.74 Å². The Morgan fingerprint density at radius 1 is 1.23 bits per heavy atom. The molecule has 0 unspecified atom stereocenters. The second-order valence-electron chi connectivity index (χ2n) is 7.97. The van der Waals surface area contributed by atoms with Crippen LogP contribution in [0.4, 0.5) is 16.6 Å².